The van der Waals surface area contributed by atoms with Gasteiger partial charge in [0.15, 0.2) is 0 Å². The third-order valence-corrected chi connectivity index (χ3v) is 4.30. The van der Waals surface area contributed by atoms with E-state index < -0.39 is 7.82 Å². The molecular formula is C20H34O4P-. The summed E-state index contributed by atoms with van der Waals surface area (Å²) in [6.45, 7) is 10.4. The minimum atomic E-state index is -4.61. The molecule has 0 aromatic rings. The van der Waals surface area contributed by atoms with Crippen LogP contribution in [0, 0.1) is 0 Å². The van der Waals surface area contributed by atoms with E-state index in [0.29, 0.717) is 0 Å². The first-order valence-corrected chi connectivity index (χ1v) is 10.4. The van der Waals surface area contributed by atoms with Crippen LogP contribution in [0.25, 0.3) is 0 Å². The molecule has 0 bridgehead atoms. The van der Waals surface area contributed by atoms with Crippen LogP contribution < -0.4 is 4.89 Å². The fraction of sp³-hybridized carbons (Fsp3) is 0.600. The highest BCUT2D eigenvalue weighted by molar-refractivity contribution is 7.44. The fourth-order valence-electron chi connectivity index (χ4n) is 2.26. The Balaban J connectivity index is 4.03. The molecule has 0 aliphatic rings. The van der Waals surface area contributed by atoms with E-state index >= 15 is 0 Å². The van der Waals surface area contributed by atoms with Gasteiger partial charge < -0.3 is 14.3 Å². The molecule has 0 saturated heterocycles. The lowest BCUT2D eigenvalue weighted by Crippen LogP contribution is -2.03. The van der Waals surface area contributed by atoms with E-state index in [-0.39, 0.29) is 6.61 Å². The molecule has 4 nitrogen and oxygen atoms in total. The van der Waals surface area contributed by atoms with E-state index in [1.165, 1.54) is 16.7 Å². The molecule has 0 saturated carbocycles. The summed E-state index contributed by atoms with van der Waals surface area (Å²) in [6.07, 6.45) is 14.7. The molecule has 0 amide bonds. The first-order valence-electron chi connectivity index (χ1n) is 8.88. The van der Waals surface area contributed by atoms with E-state index in [1.54, 1.807) is 6.08 Å². The van der Waals surface area contributed by atoms with Crippen LogP contribution in [-0.2, 0) is 9.09 Å². The summed E-state index contributed by atoms with van der Waals surface area (Å²) in [5.74, 6) is 0. The molecule has 1 atom stereocenters. The van der Waals surface area contributed by atoms with E-state index in [0.717, 1.165) is 44.1 Å². The molecule has 1 unspecified atom stereocenters. The first kappa shape index (κ1) is 24.1. The normalized spacial score (nSPS) is 15.9. The Labute approximate surface area is 153 Å². The second kappa shape index (κ2) is 13.3. The molecule has 0 aromatic carbocycles. The van der Waals surface area contributed by atoms with Crippen LogP contribution in [0.4, 0.5) is 0 Å². The van der Waals surface area contributed by atoms with Crippen molar-refractivity contribution in [1.29, 1.82) is 0 Å². The van der Waals surface area contributed by atoms with Gasteiger partial charge in [0.2, 0.25) is 0 Å². The van der Waals surface area contributed by atoms with Gasteiger partial charge in [-0.3, -0.25) is 4.57 Å². The van der Waals surface area contributed by atoms with Crippen molar-refractivity contribution < 1.29 is 18.9 Å². The Morgan fingerprint density at radius 1 is 0.840 bits per heavy atom. The van der Waals surface area contributed by atoms with Crippen molar-refractivity contribution in [3.8, 4) is 0 Å². The summed E-state index contributed by atoms with van der Waals surface area (Å²) in [7, 11) is -4.61. The van der Waals surface area contributed by atoms with Crippen LogP contribution in [0.2, 0.25) is 0 Å². The van der Waals surface area contributed by atoms with Crippen LogP contribution in [0.1, 0.15) is 73.1 Å². The van der Waals surface area contributed by atoms with Crippen molar-refractivity contribution in [2.45, 2.75) is 73.1 Å². The Morgan fingerprint density at radius 3 is 1.64 bits per heavy atom. The molecule has 0 heterocycles. The average molecular weight is 369 g/mol. The zero-order valence-electron chi connectivity index (χ0n) is 16.4. The number of hydrogen-bond donors (Lipinski definition) is 1. The van der Waals surface area contributed by atoms with Crippen molar-refractivity contribution in [2.75, 3.05) is 6.61 Å². The van der Waals surface area contributed by atoms with E-state index in [1.807, 2.05) is 6.92 Å². The van der Waals surface area contributed by atoms with Gasteiger partial charge >= 0.3 is 0 Å². The van der Waals surface area contributed by atoms with Crippen LogP contribution >= 0.6 is 7.82 Å². The summed E-state index contributed by atoms with van der Waals surface area (Å²) in [6, 6.07) is 0. The van der Waals surface area contributed by atoms with Crippen LogP contribution in [0.15, 0.2) is 46.6 Å². The molecule has 25 heavy (non-hydrogen) atoms. The number of phosphoric ester groups is 1. The van der Waals surface area contributed by atoms with Crippen molar-refractivity contribution in [2.24, 2.45) is 0 Å². The molecule has 0 radical (unpaired) electrons. The SMILES string of the molecule is CC(C)=CCC/C(C)=C/CC/C(C)=C\CC/C(C)=C\COP(=O)([O-])O. The van der Waals surface area contributed by atoms with Gasteiger partial charge in [0.1, 0.15) is 0 Å². The largest absolute Gasteiger partial charge is 0.756 e. The molecule has 5 heteroatoms. The monoisotopic (exact) mass is 369 g/mol. The Kier molecular flexibility index (Phi) is 12.8. The predicted molar refractivity (Wildman–Crippen MR) is 104 cm³/mol. The zero-order valence-corrected chi connectivity index (χ0v) is 17.3. The van der Waals surface area contributed by atoms with Gasteiger partial charge in [0, 0.05) is 0 Å². The van der Waals surface area contributed by atoms with Gasteiger partial charge in [-0.15, -0.1) is 0 Å². The molecule has 0 rings (SSSR count). The zero-order chi connectivity index (χ0) is 19.3. The topological polar surface area (TPSA) is 69.6 Å². The second-order valence-corrected chi connectivity index (χ2v) is 8.01. The Morgan fingerprint density at radius 2 is 1.24 bits per heavy atom. The lowest BCUT2D eigenvalue weighted by molar-refractivity contribution is -0.218. The molecule has 144 valence electrons. The maximum Gasteiger partial charge on any atom is 0.265 e. The average Bonchev–Trinajstić information content (AvgIpc) is 2.45. The number of phosphoric acid groups is 1. The van der Waals surface area contributed by atoms with Gasteiger partial charge in [-0.05, 0) is 73.1 Å². The summed E-state index contributed by atoms with van der Waals surface area (Å²) in [5.41, 5.74) is 5.24. The van der Waals surface area contributed by atoms with Crippen LogP contribution in [-0.4, -0.2) is 11.5 Å². The highest BCUT2D eigenvalue weighted by Crippen LogP contribution is 2.29. The van der Waals surface area contributed by atoms with Gasteiger partial charge in [0.05, 0.1) is 6.61 Å². The molecule has 0 aromatic heterocycles. The molecule has 0 fully saturated rings. The minimum absolute atomic E-state index is 0.109. The van der Waals surface area contributed by atoms with Gasteiger partial charge in [-0.1, -0.05) is 46.6 Å². The molecule has 0 aliphatic carbocycles. The number of allylic oxidation sites excluding steroid dienone is 7. The lowest BCUT2D eigenvalue weighted by atomic mass is 10.0. The van der Waals surface area contributed by atoms with Crippen LogP contribution in [0.5, 0.6) is 0 Å². The van der Waals surface area contributed by atoms with Crippen molar-refractivity contribution in [1.82, 2.24) is 0 Å². The fourth-order valence-corrected chi connectivity index (χ4v) is 2.52. The van der Waals surface area contributed by atoms with Crippen molar-refractivity contribution in [3.63, 3.8) is 0 Å². The number of rotatable bonds is 12. The summed E-state index contributed by atoms with van der Waals surface area (Å²) >= 11 is 0. The maximum atomic E-state index is 10.5. The van der Waals surface area contributed by atoms with E-state index in [2.05, 4.69) is 50.4 Å². The quantitative estimate of drug-likeness (QED) is 0.358. The van der Waals surface area contributed by atoms with Gasteiger partial charge in [-0.25, -0.2) is 0 Å². The highest BCUT2D eigenvalue weighted by atomic mass is 31.2. The van der Waals surface area contributed by atoms with Crippen LogP contribution in [0.3, 0.4) is 0 Å². The Hall–Kier alpha value is -0.930. The first-order chi connectivity index (χ1) is 11.6. The smallest absolute Gasteiger partial charge is 0.265 e. The van der Waals surface area contributed by atoms with Gasteiger partial charge in [0.25, 0.3) is 7.82 Å². The summed E-state index contributed by atoms with van der Waals surface area (Å²) < 4.78 is 14.8. The lowest BCUT2D eigenvalue weighted by Gasteiger charge is -2.13. The third-order valence-electron chi connectivity index (χ3n) is 3.82. The molecule has 0 spiro atoms. The minimum Gasteiger partial charge on any atom is -0.756 e. The second-order valence-electron chi connectivity index (χ2n) is 6.81. The maximum absolute atomic E-state index is 10.5. The van der Waals surface area contributed by atoms with Gasteiger partial charge in [-0.2, -0.15) is 0 Å². The van der Waals surface area contributed by atoms with E-state index in [9.17, 15) is 9.46 Å². The van der Waals surface area contributed by atoms with Crippen molar-refractivity contribution in [3.05, 3.63) is 46.6 Å². The molecule has 1 N–H and O–H groups in total. The number of hydrogen-bond acceptors (Lipinski definition) is 3. The molecular weight excluding hydrogens is 335 g/mol. The summed E-state index contributed by atoms with van der Waals surface area (Å²) in [4.78, 5) is 19.0. The molecule has 0 aliphatic heterocycles. The Bertz CT molecular complexity index is 546. The third kappa shape index (κ3) is 17.7. The predicted octanol–water partition coefficient (Wildman–Crippen LogP) is 5.61. The van der Waals surface area contributed by atoms with Crippen molar-refractivity contribution >= 4 is 7.82 Å². The standard InChI is InChI=1S/C20H35O4P/c1-17(2)9-6-10-18(3)11-7-12-19(4)13-8-14-20(5)15-16-24-25(21,22)23/h9,11,13,15H,6-8,10,12,14,16H2,1-5H3,(H2,21,22,23)/p-1/b18-11+,19-13-,20-15-. The van der Waals surface area contributed by atoms with E-state index in [4.69, 9.17) is 4.89 Å². The highest BCUT2D eigenvalue weighted by Gasteiger charge is 1.99. The summed E-state index contributed by atoms with van der Waals surface area (Å²) in [5, 5.41) is 0.